The summed E-state index contributed by atoms with van der Waals surface area (Å²) < 4.78 is 11.0. The molecule has 29 heavy (non-hydrogen) atoms. The summed E-state index contributed by atoms with van der Waals surface area (Å²) in [7, 11) is 0. The molecular formula is C19H20N4O5S. The first-order valence-electron chi connectivity index (χ1n) is 9.28. The molecule has 0 bridgehead atoms. The number of ether oxygens (including phenoxy) is 2. The van der Waals surface area contributed by atoms with Gasteiger partial charge < -0.3 is 25.4 Å². The fraction of sp³-hybridized carbons (Fsp3) is 0.368. The van der Waals surface area contributed by atoms with E-state index in [1.165, 1.54) is 11.3 Å². The molecule has 1 aromatic heterocycles. The Morgan fingerprint density at radius 2 is 2.03 bits per heavy atom. The van der Waals surface area contributed by atoms with Crippen LogP contribution in [0.3, 0.4) is 0 Å². The summed E-state index contributed by atoms with van der Waals surface area (Å²) in [5.41, 5.74) is 1.18. The van der Waals surface area contributed by atoms with Crippen molar-refractivity contribution in [1.29, 1.82) is 0 Å². The number of fused-ring (bicyclic) bond motifs is 1. The molecular weight excluding hydrogens is 396 g/mol. The first kappa shape index (κ1) is 19.2. The van der Waals surface area contributed by atoms with Crippen LogP contribution in [-0.4, -0.2) is 42.5 Å². The maximum atomic E-state index is 12.3. The lowest BCUT2D eigenvalue weighted by Crippen LogP contribution is -2.40. The first-order chi connectivity index (χ1) is 14.1. The standard InChI is InChI=1S/C19H20N4O5S/c24-16-4-1-11(9-20-16)18(26)23-19-22-13(10-29-19)8-17(25)21-12-2-3-14-15(7-12)28-6-5-27-14/h2-3,7,10-11H,1,4-6,8-9H2,(H,20,24)(H,21,25)(H,22,23,26). The molecule has 1 aromatic carbocycles. The summed E-state index contributed by atoms with van der Waals surface area (Å²) in [5.74, 6) is 0.568. The summed E-state index contributed by atoms with van der Waals surface area (Å²) in [6, 6.07) is 5.23. The highest BCUT2D eigenvalue weighted by Gasteiger charge is 2.25. The minimum atomic E-state index is -0.265. The third-order valence-electron chi connectivity index (χ3n) is 4.59. The average molecular weight is 416 g/mol. The highest BCUT2D eigenvalue weighted by Crippen LogP contribution is 2.32. The molecule has 4 rings (SSSR count). The second-order valence-corrected chi connectivity index (χ2v) is 7.61. The lowest BCUT2D eigenvalue weighted by molar-refractivity contribution is -0.126. The average Bonchev–Trinajstić information content (AvgIpc) is 3.14. The van der Waals surface area contributed by atoms with Crippen LogP contribution >= 0.6 is 11.3 Å². The van der Waals surface area contributed by atoms with Gasteiger partial charge in [-0.25, -0.2) is 4.98 Å². The predicted octanol–water partition coefficient (Wildman–Crippen LogP) is 1.56. The van der Waals surface area contributed by atoms with Crippen molar-refractivity contribution in [3.63, 3.8) is 0 Å². The topological polar surface area (TPSA) is 119 Å². The first-order valence-corrected chi connectivity index (χ1v) is 10.2. The third-order valence-corrected chi connectivity index (χ3v) is 5.39. The Morgan fingerprint density at radius 1 is 1.21 bits per heavy atom. The molecule has 2 aromatic rings. The summed E-state index contributed by atoms with van der Waals surface area (Å²) in [6.45, 7) is 1.32. The quantitative estimate of drug-likeness (QED) is 0.681. The molecule has 10 heteroatoms. The number of nitrogens with zero attached hydrogens (tertiary/aromatic N) is 1. The number of benzene rings is 1. The van der Waals surface area contributed by atoms with Gasteiger partial charge in [0.15, 0.2) is 16.6 Å². The van der Waals surface area contributed by atoms with Gasteiger partial charge in [0.1, 0.15) is 13.2 Å². The van der Waals surface area contributed by atoms with Gasteiger partial charge in [-0.15, -0.1) is 11.3 Å². The van der Waals surface area contributed by atoms with Gasteiger partial charge in [-0.2, -0.15) is 0 Å². The molecule has 0 radical (unpaired) electrons. The molecule has 0 saturated carbocycles. The number of nitrogens with one attached hydrogen (secondary N) is 3. The zero-order valence-electron chi connectivity index (χ0n) is 15.5. The van der Waals surface area contributed by atoms with E-state index in [9.17, 15) is 14.4 Å². The Morgan fingerprint density at radius 3 is 2.83 bits per heavy atom. The van der Waals surface area contributed by atoms with Crippen LogP contribution in [0.15, 0.2) is 23.6 Å². The molecule has 2 aliphatic rings. The number of piperidine rings is 1. The fourth-order valence-corrected chi connectivity index (χ4v) is 3.81. The summed E-state index contributed by atoms with van der Waals surface area (Å²) >= 11 is 1.26. The second-order valence-electron chi connectivity index (χ2n) is 6.76. The molecule has 2 aliphatic heterocycles. The van der Waals surface area contributed by atoms with E-state index in [4.69, 9.17) is 9.47 Å². The molecule has 0 aliphatic carbocycles. The highest BCUT2D eigenvalue weighted by molar-refractivity contribution is 7.13. The smallest absolute Gasteiger partial charge is 0.231 e. The van der Waals surface area contributed by atoms with Crippen molar-refractivity contribution in [2.24, 2.45) is 5.92 Å². The Kier molecular flexibility index (Phi) is 5.61. The van der Waals surface area contributed by atoms with Crippen LogP contribution in [-0.2, 0) is 20.8 Å². The lowest BCUT2D eigenvalue weighted by Gasteiger charge is -2.20. The van der Waals surface area contributed by atoms with Crippen molar-refractivity contribution < 1.29 is 23.9 Å². The number of aromatic nitrogens is 1. The van der Waals surface area contributed by atoms with Gasteiger partial charge in [-0.3, -0.25) is 14.4 Å². The van der Waals surface area contributed by atoms with Gasteiger partial charge in [0.2, 0.25) is 17.7 Å². The summed E-state index contributed by atoms with van der Waals surface area (Å²) in [5, 5.41) is 10.4. The van der Waals surface area contributed by atoms with E-state index in [0.717, 1.165) is 0 Å². The number of hydrogen-bond acceptors (Lipinski definition) is 7. The number of rotatable bonds is 5. The number of thiazole rings is 1. The van der Waals surface area contributed by atoms with Crippen LogP contribution < -0.4 is 25.4 Å². The summed E-state index contributed by atoms with van der Waals surface area (Å²) in [6.07, 6.45) is 0.954. The molecule has 1 fully saturated rings. The minimum Gasteiger partial charge on any atom is -0.486 e. The number of anilines is 2. The van der Waals surface area contributed by atoms with E-state index in [0.29, 0.717) is 60.6 Å². The summed E-state index contributed by atoms with van der Waals surface area (Å²) in [4.78, 5) is 40.1. The molecule has 3 amide bonds. The van der Waals surface area contributed by atoms with E-state index in [1.807, 2.05) is 0 Å². The van der Waals surface area contributed by atoms with Crippen LogP contribution in [0, 0.1) is 5.92 Å². The van der Waals surface area contributed by atoms with Crippen molar-refractivity contribution >= 4 is 39.9 Å². The van der Waals surface area contributed by atoms with Gasteiger partial charge in [0.25, 0.3) is 0 Å². The van der Waals surface area contributed by atoms with Gasteiger partial charge in [-0.05, 0) is 18.6 Å². The van der Waals surface area contributed by atoms with Crippen molar-refractivity contribution in [2.45, 2.75) is 19.3 Å². The zero-order chi connectivity index (χ0) is 20.2. The lowest BCUT2D eigenvalue weighted by atomic mass is 9.98. The molecule has 1 unspecified atom stereocenters. The van der Waals surface area contributed by atoms with E-state index in [-0.39, 0.29) is 30.1 Å². The van der Waals surface area contributed by atoms with Gasteiger partial charge >= 0.3 is 0 Å². The van der Waals surface area contributed by atoms with E-state index in [1.54, 1.807) is 23.6 Å². The van der Waals surface area contributed by atoms with Crippen molar-refractivity contribution in [1.82, 2.24) is 10.3 Å². The highest BCUT2D eigenvalue weighted by atomic mass is 32.1. The Labute approximate surface area is 170 Å². The molecule has 9 nitrogen and oxygen atoms in total. The fourth-order valence-electron chi connectivity index (χ4n) is 3.10. The minimum absolute atomic E-state index is 0.0328. The van der Waals surface area contributed by atoms with Gasteiger partial charge in [0, 0.05) is 30.1 Å². The van der Waals surface area contributed by atoms with Crippen molar-refractivity contribution in [3.8, 4) is 11.5 Å². The van der Waals surface area contributed by atoms with Crippen molar-refractivity contribution in [2.75, 3.05) is 30.4 Å². The molecule has 0 spiro atoms. The van der Waals surface area contributed by atoms with Crippen LogP contribution in [0.25, 0.3) is 0 Å². The van der Waals surface area contributed by atoms with Crippen LogP contribution in [0.5, 0.6) is 11.5 Å². The number of hydrogen-bond donors (Lipinski definition) is 3. The predicted molar refractivity (Wildman–Crippen MR) is 106 cm³/mol. The Hall–Kier alpha value is -3.14. The van der Waals surface area contributed by atoms with E-state index < -0.39 is 0 Å². The SMILES string of the molecule is O=C1CCC(C(=O)Nc2nc(CC(=O)Nc3ccc4c(c3)OCCO4)cs2)CN1. The van der Waals surface area contributed by atoms with Crippen LogP contribution in [0.1, 0.15) is 18.5 Å². The van der Waals surface area contributed by atoms with Crippen LogP contribution in [0.2, 0.25) is 0 Å². The van der Waals surface area contributed by atoms with E-state index >= 15 is 0 Å². The second kappa shape index (κ2) is 8.48. The largest absolute Gasteiger partial charge is 0.486 e. The van der Waals surface area contributed by atoms with Crippen molar-refractivity contribution in [3.05, 3.63) is 29.3 Å². The number of carbonyl (C=O) groups is 3. The molecule has 152 valence electrons. The maximum absolute atomic E-state index is 12.3. The normalized spacial score (nSPS) is 17.9. The maximum Gasteiger partial charge on any atom is 0.231 e. The molecule has 1 atom stereocenters. The molecule has 3 heterocycles. The number of carbonyl (C=O) groups excluding carboxylic acids is 3. The third kappa shape index (κ3) is 4.83. The Bertz CT molecular complexity index is 934. The number of amides is 3. The van der Waals surface area contributed by atoms with Crippen LogP contribution in [0.4, 0.5) is 10.8 Å². The van der Waals surface area contributed by atoms with E-state index in [2.05, 4.69) is 20.9 Å². The Balaban J connectivity index is 1.30. The molecule has 3 N–H and O–H groups in total. The van der Waals surface area contributed by atoms with Gasteiger partial charge in [0.05, 0.1) is 18.0 Å². The molecule has 1 saturated heterocycles. The zero-order valence-corrected chi connectivity index (χ0v) is 16.3. The van der Waals surface area contributed by atoms with Gasteiger partial charge in [-0.1, -0.05) is 0 Å². The monoisotopic (exact) mass is 416 g/mol.